The molecule has 28 heavy (non-hydrogen) atoms. The number of hydrogen-bond donors (Lipinski definition) is 0. The van der Waals surface area contributed by atoms with Crippen LogP contribution in [-0.4, -0.2) is 44.7 Å². The van der Waals surface area contributed by atoms with Gasteiger partial charge in [-0.1, -0.05) is 18.2 Å². The maximum Gasteiger partial charge on any atom is 0.355 e. The van der Waals surface area contributed by atoms with E-state index >= 15 is 0 Å². The zero-order chi connectivity index (χ0) is 20.3. The third kappa shape index (κ3) is 3.46. The van der Waals surface area contributed by atoms with Crippen molar-refractivity contribution in [2.75, 3.05) is 25.1 Å². The quantitative estimate of drug-likeness (QED) is 0.563. The van der Waals surface area contributed by atoms with Gasteiger partial charge in [0, 0.05) is 25.7 Å². The SMILES string of the molecule is CCOC(=O)c1cc2cccc(N(C)S(=O)(=O)c3ccccn3)c2n1COC. The van der Waals surface area contributed by atoms with Crippen LogP contribution in [-0.2, 0) is 26.2 Å². The second kappa shape index (κ2) is 7.99. The van der Waals surface area contributed by atoms with E-state index < -0.39 is 16.0 Å². The van der Waals surface area contributed by atoms with Crippen LogP contribution >= 0.6 is 0 Å². The molecule has 0 aliphatic rings. The molecule has 9 heteroatoms. The molecule has 0 radical (unpaired) electrons. The molecule has 0 spiro atoms. The summed E-state index contributed by atoms with van der Waals surface area (Å²) in [5.74, 6) is -0.503. The molecular weight excluding hydrogens is 382 g/mol. The van der Waals surface area contributed by atoms with Gasteiger partial charge in [-0.15, -0.1) is 0 Å². The fraction of sp³-hybridized carbons (Fsp3) is 0.263. The molecular formula is C19H21N3O5S. The Labute approximate surface area is 163 Å². The number of esters is 1. The van der Waals surface area contributed by atoms with E-state index in [-0.39, 0.29) is 24.1 Å². The Morgan fingerprint density at radius 3 is 2.64 bits per heavy atom. The van der Waals surface area contributed by atoms with Crippen LogP contribution in [0.3, 0.4) is 0 Å². The van der Waals surface area contributed by atoms with Crippen LogP contribution in [0.5, 0.6) is 0 Å². The summed E-state index contributed by atoms with van der Waals surface area (Å²) in [5, 5.41) is 0.630. The lowest BCUT2D eigenvalue weighted by Crippen LogP contribution is -2.28. The molecule has 3 rings (SSSR count). The number of carbonyl (C=O) groups is 1. The molecule has 2 aromatic heterocycles. The number of aromatic nitrogens is 2. The summed E-state index contributed by atoms with van der Waals surface area (Å²) in [4.78, 5) is 16.3. The van der Waals surface area contributed by atoms with E-state index in [9.17, 15) is 13.2 Å². The molecule has 0 atom stereocenters. The summed E-state index contributed by atoms with van der Waals surface area (Å²) in [6.07, 6.45) is 1.42. The first-order chi connectivity index (χ1) is 13.4. The fourth-order valence-electron chi connectivity index (χ4n) is 2.97. The van der Waals surface area contributed by atoms with E-state index in [0.29, 0.717) is 16.6 Å². The molecule has 3 aromatic rings. The van der Waals surface area contributed by atoms with Gasteiger partial charge in [-0.25, -0.2) is 9.78 Å². The minimum absolute atomic E-state index is 0.0616. The monoisotopic (exact) mass is 403 g/mol. The van der Waals surface area contributed by atoms with Crippen LogP contribution in [0, 0.1) is 0 Å². The van der Waals surface area contributed by atoms with Crippen molar-refractivity contribution < 1.29 is 22.7 Å². The number of anilines is 1. The molecule has 8 nitrogen and oxygen atoms in total. The van der Waals surface area contributed by atoms with Gasteiger partial charge in [-0.2, -0.15) is 8.42 Å². The number of ether oxygens (including phenoxy) is 2. The molecule has 0 aliphatic heterocycles. The van der Waals surface area contributed by atoms with Crippen molar-refractivity contribution in [1.82, 2.24) is 9.55 Å². The molecule has 0 N–H and O–H groups in total. The van der Waals surface area contributed by atoms with Crippen LogP contribution in [0.4, 0.5) is 5.69 Å². The summed E-state index contributed by atoms with van der Waals surface area (Å²) in [6.45, 7) is 2.01. The highest BCUT2D eigenvalue weighted by molar-refractivity contribution is 7.92. The largest absolute Gasteiger partial charge is 0.461 e. The van der Waals surface area contributed by atoms with Gasteiger partial charge in [0.2, 0.25) is 0 Å². The van der Waals surface area contributed by atoms with E-state index in [2.05, 4.69) is 4.98 Å². The fourth-order valence-corrected chi connectivity index (χ4v) is 4.10. The summed E-state index contributed by atoms with van der Waals surface area (Å²) in [5.41, 5.74) is 1.24. The van der Waals surface area contributed by atoms with Crippen LogP contribution in [0.2, 0.25) is 0 Å². The Kier molecular flexibility index (Phi) is 5.66. The zero-order valence-electron chi connectivity index (χ0n) is 15.8. The van der Waals surface area contributed by atoms with Crippen molar-refractivity contribution in [2.45, 2.75) is 18.7 Å². The number of pyridine rings is 1. The average Bonchev–Trinajstić information content (AvgIpc) is 3.07. The summed E-state index contributed by atoms with van der Waals surface area (Å²) < 4.78 is 39.2. The average molecular weight is 403 g/mol. The Hall–Kier alpha value is -2.91. The number of benzene rings is 1. The Morgan fingerprint density at radius 2 is 2.00 bits per heavy atom. The third-order valence-electron chi connectivity index (χ3n) is 4.24. The lowest BCUT2D eigenvalue weighted by molar-refractivity contribution is 0.0496. The normalized spacial score (nSPS) is 11.5. The minimum atomic E-state index is -3.88. The standard InChI is InChI=1S/C19H21N3O5S/c1-4-27-19(23)16-12-14-8-7-9-15(18(14)22(16)13-26-3)21(2)28(24,25)17-10-5-6-11-20-17/h5-12H,4,13H2,1-3H3. The van der Waals surface area contributed by atoms with E-state index in [1.54, 1.807) is 47.9 Å². The predicted octanol–water partition coefficient (Wildman–Crippen LogP) is 2.64. The number of nitrogens with zero attached hydrogens (tertiary/aromatic N) is 3. The second-order valence-electron chi connectivity index (χ2n) is 5.95. The van der Waals surface area contributed by atoms with Crippen molar-refractivity contribution in [2.24, 2.45) is 0 Å². The van der Waals surface area contributed by atoms with Gasteiger partial charge in [0.1, 0.15) is 12.4 Å². The maximum atomic E-state index is 13.0. The van der Waals surface area contributed by atoms with Crippen LogP contribution in [0.25, 0.3) is 10.9 Å². The molecule has 0 unspecified atom stereocenters. The van der Waals surface area contributed by atoms with Gasteiger partial charge in [0.05, 0.1) is 17.8 Å². The smallest absolute Gasteiger partial charge is 0.355 e. The van der Waals surface area contributed by atoms with Gasteiger partial charge in [-0.3, -0.25) is 4.31 Å². The summed E-state index contributed by atoms with van der Waals surface area (Å²) in [6, 6.07) is 11.6. The highest BCUT2D eigenvalue weighted by Crippen LogP contribution is 2.32. The van der Waals surface area contributed by atoms with Crippen LogP contribution < -0.4 is 4.31 Å². The molecule has 0 saturated heterocycles. The van der Waals surface area contributed by atoms with E-state index in [4.69, 9.17) is 9.47 Å². The number of sulfonamides is 1. The maximum absolute atomic E-state index is 13.0. The van der Waals surface area contributed by atoms with Crippen molar-refractivity contribution in [3.8, 4) is 0 Å². The van der Waals surface area contributed by atoms with Crippen molar-refractivity contribution in [3.63, 3.8) is 0 Å². The van der Waals surface area contributed by atoms with Gasteiger partial charge in [-0.05, 0) is 31.2 Å². The van der Waals surface area contributed by atoms with Crippen LogP contribution in [0.15, 0.2) is 53.7 Å². The Bertz CT molecular complexity index is 1090. The van der Waals surface area contributed by atoms with E-state index in [1.807, 2.05) is 0 Å². The van der Waals surface area contributed by atoms with Crippen molar-refractivity contribution in [3.05, 3.63) is 54.4 Å². The number of fused-ring (bicyclic) bond motifs is 1. The molecule has 0 amide bonds. The first-order valence-corrected chi connectivity index (χ1v) is 10.0. The number of para-hydroxylation sites is 1. The molecule has 148 valence electrons. The van der Waals surface area contributed by atoms with Crippen molar-refractivity contribution in [1.29, 1.82) is 0 Å². The topological polar surface area (TPSA) is 90.7 Å². The summed E-state index contributed by atoms with van der Waals surface area (Å²) >= 11 is 0. The van der Waals surface area contributed by atoms with E-state index in [0.717, 1.165) is 4.31 Å². The Balaban J connectivity index is 2.20. The highest BCUT2D eigenvalue weighted by Gasteiger charge is 2.26. The van der Waals surface area contributed by atoms with Gasteiger partial charge in [0.25, 0.3) is 10.0 Å². The van der Waals surface area contributed by atoms with E-state index in [1.165, 1.54) is 26.4 Å². The molecule has 0 fully saturated rings. The zero-order valence-corrected chi connectivity index (χ0v) is 16.6. The third-order valence-corrected chi connectivity index (χ3v) is 5.93. The lowest BCUT2D eigenvalue weighted by Gasteiger charge is -2.21. The first-order valence-electron chi connectivity index (χ1n) is 8.60. The molecule has 1 aromatic carbocycles. The highest BCUT2D eigenvalue weighted by atomic mass is 32.2. The number of hydrogen-bond acceptors (Lipinski definition) is 6. The minimum Gasteiger partial charge on any atom is -0.461 e. The second-order valence-corrected chi connectivity index (χ2v) is 7.87. The lowest BCUT2D eigenvalue weighted by atomic mass is 10.2. The van der Waals surface area contributed by atoms with Crippen molar-refractivity contribution >= 4 is 32.6 Å². The number of methoxy groups -OCH3 is 1. The Morgan fingerprint density at radius 1 is 1.21 bits per heavy atom. The number of carbonyl (C=O) groups excluding carboxylic acids is 1. The summed E-state index contributed by atoms with van der Waals surface area (Å²) in [7, 11) is -0.935. The van der Waals surface area contributed by atoms with Crippen LogP contribution in [0.1, 0.15) is 17.4 Å². The van der Waals surface area contributed by atoms with Gasteiger partial charge >= 0.3 is 5.97 Å². The molecule has 2 heterocycles. The first kappa shape index (κ1) is 19.8. The molecule has 0 saturated carbocycles. The van der Waals surface area contributed by atoms with Gasteiger partial charge < -0.3 is 14.0 Å². The molecule has 0 bridgehead atoms. The molecule has 0 aliphatic carbocycles. The number of rotatable bonds is 7. The van der Waals surface area contributed by atoms with Gasteiger partial charge in [0.15, 0.2) is 5.03 Å². The predicted molar refractivity (Wildman–Crippen MR) is 105 cm³/mol.